The molecular weight excluding hydrogens is 427 g/mol. The second-order valence-electron chi connectivity index (χ2n) is 7.77. The van der Waals surface area contributed by atoms with Crippen LogP contribution in [0.3, 0.4) is 0 Å². The van der Waals surface area contributed by atoms with E-state index in [1.807, 2.05) is 11.8 Å². The first-order valence-electron chi connectivity index (χ1n) is 10.8. The van der Waals surface area contributed by atoms with Crippen LogP contribution < -0.4 is 0 Å². The molecule has 0 radical (unpaired) electrons. The molecule has 29 heavy (non-hydrogen) atoms. The second kappa shape index (κ2) is 14.0. The van der Waals surface area contributed by atoms with Gasteiger partial charge in [-0.3, -0.25) is 0 Å². The molecule has 0 heterocycles. The number of ether oxygens (including phenoxy) is 1. The molecule has 0 saturated heterocycles. The van der Waals surface area contributed by atoms with Crippen LogP contribution in [0.15, 0.2) is 0 Å². The van der Waals surface area contributed by atoms with Crippen molar-refractivity contribution in [2.75, 3.05) is 18.1 Å². The average Bonchev–Trinajstić information content (AvgIpc) is 2.57. The topological polar surface area (TPSA) is 9.23 Å². The van der Waals surface area contributed by atoms with Crippen LogP contribution in [0.2, 0.25) is 0 Å². The van der Waals surface area contributed by atoms with Crippen molar-refractivity contribution in [3.05, 3.63) is 0 Å². The number of rotatable bonds is 18. The van der Waals surface area contributed by atoms with Crippen molar-refractivity contribution in [3.63, 3.8) is 0 Å². The number of hydrogen-bond acceptors (Lipinski definition) is 2. The molecule has 0 aliphatic heterocycles. The Morgan fingerprint density at radius 1 is 0.690 bits per heavy atom. The smallest absolute Gasteiger partial charge is 0.345 e. The van der Waals surface area contributed by atoms with Crippen LogP contribution in [-0.4, -0.2) is 24.2 Å². The number of unbranched alkanes of at least 4 members (excludes halogenated alkanes) is 11. The highest BCUT2D eigenvalue weighted by Crippen LogP contribution is 2.97. The van der Waals surface area contributed by atoms with E-state index < -0.39 is 10.2 Å². The zero-order chi connectivity index (χ0) is 22.1. The highest BCUT2D eigenvalue weighted by Gasteiger charge is 2.62. The van der Waals surface area contributed by atoms with Crippen molar-refractivity contribution in [3.8, 4) is 11.2 Å². The molecule has 0 aromatic heterocycles. The molecule has 0 fully saturated rings. The Morgan fingerprint density at radius 3 is 1.62 bits per heavy atom. The number of hydrogen-bond donors (Lipinski definition) is 0. The Morgan fingerprint density at radius 2 is 1.14 bits per heavy atom. The van der Waals surface area contributed by atoms with E-state index >= 15 is 0 Å². The Balaban J connectivity index is 3.25. The van der Waals surface area contributed by atoms with Gasteiger partial charge >= 0.3 is 10.2 Å². The fourth-order valence-electron chi connectivity index (χ4n) is 2.78. The van der Waals surface area contributed by atoms with Gasteiger partial charge < -0.3 is 4.74 Å². The average molecular weight is 467 g/mol. The zero-order valence-electron chi connectivity index (χ0n) is 18.0. The van der Waals surface area contributed by atoms with Gasteiger partial charge in [0.25, 0.3) is 0 Å². The first-order chi connectivity index (χ1) is 13.4. The Labute approximate surface area is 179 Å². The number of thioether (sulfide) groups is 1. The summed E-state index contributed by atoms with van der Waals surface area (Å²) in [6, 6.07) is 0. The van der Waals surface area contributed by atoms with E-state index in [0.717, 1.165) is 38.7 Å². The van der Waals surface area contributed by atoms with Crippen molar-refractivity contribution in [1.82, 2.24) is 0 Å². The van der Waals surface area contributed by atoms with Gasteiger partial charge in [-0.1, -0.05) is 83.1 Å². The molecule has 0 rings (SSSR count). The summed E-state index contributed by atoms with van der Waals surface area (Å²) in [5.74, 6) is 3.99. The van der Waals surface area contributed by atoms with E-state index in [1.165, 1.54) is 50.0 Å². The Kier molecular flexibility index (Phi) is 14.0. The standard InChI is InChI=1S/C21H39F5OS2/c1-21(2)27-17-16-19-28-18-14-12-10-8-6-4-3-5-7-9-11-13-15-20-29(22,23,24,25)26/h21H,3-14,16-19H2,1-2H3. The molecule has 0 spiro atoms. The Hall–Kier alpha value is -0.130. The van der Waals surface area contributed by atoms with Gasteiger partial charge in [0.1, 0.15) is 0 Å². The molecule has 0 aliphatic rings. The minimum atomic E-state index is -9.53. The van der Waals surface area contributed by atoms with Crippen molar-refractivity contribution in [1.29, 1.82) is 0 Å². The molecule has 176 valence electrons. The molecule has 0 unspecified atom stereocenters. The quantitative estimate of drug-likeness (QED) is 0.113. The largest absolute Gasteiger partial charge is 0.379 e. The van der Waals surface area contributed by atoms with Gasteiger partial charge in [0.05, 0.1) is 11.4 Å². The first kappa shape index (κ1) is 28.9. The third-order valence-electron chi connectivity index (χ3n) is 4.24. The van der Waals surface area contributed by atoms with Gasteiger partial charge in [0.2, 0.25) is 0 Å². The molecule has 0 bridgehead atoms. The normalized spacial score (nSPS) is 14.3. The minimum Gasteiger partial charge on any atom is -0.379 e. The third kappa shape index (κ3) is 27.9. The molecule has 0 atom stereocenters. The molecule has 0 amide bonds. The lowest BCUT2D eigenvalue weighted by molar-refractivity contribution is 0.0800. The maximum atomic E-state index is 12.0. The summed E-state index contributed by atoms with van der Waals surface area (Å²) in [5, 5.41) is 0.261. The lowest BCUT2D eigenvalue weighted by Gasteiger charge is -2.33. The van der Waals surface area contributed by atoms with Crippen molar-refractivity contribution < 1.29 is 24.2 Å². The molecule has 8 heteroatoms. The lowest BCUT2D eigenvalue weighted by Crippen LogP contribution is -2.04. The molecule has 1 nitrogen and oxygen atoms in total. The fraction of sp³-hybridized carbons (Fsp3) is 0.905. The van der Waals surface area contributed by atoms with Crippen molar-refractivity contribution in [2.45, 2.75) is 103 Å². The summed E-state index contributed by atoms with van der Waals surface area (Å²) in [7, 11) is -9.53. The van der Waals surface area contributed by atoms with Crippen LogP contribution >= 0.6 is 22.0 Å². The van der Waals surface area contributed by atoms with Crippen LogP contribution in [-0.2, 0) is 4.74 Å². The second-order valence-corrected chi connectivity index (χ2v) is 11.1. The first-order valence-corrected chi connectivity index (χ1v) is 13.9. The van der Waals surface area contributed by atoms with Crippen LogP contribution in [0, 0.1) is 11.2 Å². The molecular formula is C21H39F5OS2. The van der Waals surface area contributed by atoms with Gasteiger partial charge in [0.15, 0.2) is 0 Å². The summed E-state index contributed by atoms with van der Waals surface area (Å²) in [5.41, 5.74) is 0. The van der Waals surface area contributed by atoms with Crippen LogP contribution in [0.1, 0.15) is 97.3 Å². The van der Waals surface area contributed by atoms with Gasteiger partial charge in [0, 0.05) is 13.0 Å². The van der Waals surface area contributed by atoms with Gasteiger partial charge in [-0.25, -0.2) is 0 Å². The van der Waals surface area contributed by atoms with E-state index in [0.29, 0.717) is 12.5 Å². The zero-order valence-corrected chi connectivity index (χ0v) is 19.6. The maximum Gasteiger partial charge on any atom is 0.345 e. The number of halogens is 5. The predicted molar refractivity (Wildman–Crippen MR) is 119 cm³/mol. The summed E-state index contributed by atoms with van der Waals surface area (Å²) in [4.78, 5) is 0. The van der Waals surface area contributed by atoms with E-state index in [9.17, 15) is 19.4 Å². The van der Waals surface area contributed by atoms with Crippen LogP contribution in [0.5, 0.6) is 0 Å². The van der Waals surface area contributed by atoms with E-state index in [-0.39, 0.29) is 11.7 Å². The lowest BCUT2D eigenvalue weighted by atomic mass is 10.1. The van der Waals surface area contributed by atoms with Crippen LogP contribution in [0.4, 0.5) is 19.4 Å². The van der Waals surface area contributed by atoms with E-state index in [4.69, 9.17) is 4.74 Å². The highest BCUT2D eigenvalue weighted by molar-refractivity contribution is 8.49. The summed E-state index contributed by atoms with van der Waals surface area (Å²) in [6.07, 6.45) is 13.2. The third-order valence-corrected chi connectivity index (χ3v) is 5.92. The summed E-state index contributed by atoms with van der Waals surface area (Å²) >= 11 is 2.01. The molecule has 0 N–H and O–H groups in total. The SMILES string of the molecule is CC(C)OCCCSCCCCCCCCCCCCCC#CS(F)(F)(F)(F)F. The molecule has 0 aromatic carbocycles. The molecule has 0 saturated carbocycles. The Bertz CT molecular complexity index is 468. The molecule has 0 aromatic rings. The van der Waals surface area contributed by atoms with Crippen LogP contribution in [0.25, 0.3) is 0 Å². The summed E-state index contributed by atoms with van der Waals surface area (Å²) < 4.78 is 65.4. The summed E-state index contributed by atoms with van der Waals surface area (Å²) in [6.45, 7) is 4.98. The van der Waals surface area contributed by atoms with Crippen molar-refractivity contribution in [2.24, 2.45) is 0 Å². The highest BCUT2D eigenvalue weighted by atomic mass is 32.5. The fourth-order valence-corrected chi connectivity index (χ4v) is 4.09. The monoisotopic (exact) mass is 466 g/mol. The van der Waals surface area contributed by atoms with E-state index in [2.05, 4.69) is 13.8 Å². The maximum absolute atomic E-state index is 12.0. The van der Waals surface area contributed by atoms with Gasteiger partial charge in [-0.15, -0.1) is 0 Å². The van der Waals surface area contributed by atoms with Crippen molar-refractivity contribution >= 4 is 22.0 Å². The predicted octanol–water partition coefficient (Wildman–Crippen LogP) is 9.48. The van der Waals surface area contributed by atoms with Gasteiger partial charge in [-0.05, 0) is 44.6 Å². The van der Waals surface area contributed by atoms with E-state index in [1.54, 1.807) is 5.92 Å². The molecule has 0 aliphatic carbocycles. The minimum absolute atomic E-state index is 0.115. The van der Waals surface area contributed by atoms with Gasteiger partial charge in [-0.2, -0.15) is 11.8 Å².